The summed E-state index contributed by atoms with van der Waals surface area (Å²) in [5, 5.41) is 20.9. The third-order valence-corrected chi connectivity index (χ3v) is 13.2. The van der Waals surface area contributed by atoms with Gasteiger partial charge in [-0.1, -0.05) is 131 Å². The number of nitrogens with two attached hydrogens (primary N) is 1. The van der Waals surface area contributed by atoms with E-state index in [-0.39, 0.29) is 24.4 Å². The minimum absolute atomic E-state index is 0.0634. The predicted molar refractivity (Wildman–Crippen MR) is 280 cm³/mol. The minimum atomic E-state index is -5.46. The molecule has 1 aliphatic rings. The van der Waals surface area contributed by atoms with Gasteiger partial charge in [-0.25, -0.2) is 13.9 Å². The molecule has 1 aliphatic heterocycles. The van der Waals surface area contributed by atoms with Crippen LogP contribution in [0, 0.1) is 0 Å². The van der Waals surface area contributed by atoms with Crippen molar-refractivity contribution >= 4 is 39.2 Å². The monoisotopic (exact) mass is 1060 g/mol. The van der Waals surface area contributed by atoms with Crippen LogP contribution in [0.4, 0.5) is 5.82 Å². The van der Waals surface area contributed by atoms with E-state index in [1.54, 1.807) is 12.2 Å². The van der Waals surface area contributed by atoms with Gasteiger partial charge in [0.25, 0.3) is 0 Å². The Balaban J connectivity index is 1.86. The molecule has 0 saturated carbocycles. The number of aromatic nitrogens is 2. The van der Waals surface area contributed by atoms with E-state index < -0.39 is 83.7 Å². The lowest BCUT2D eigenvalue weighted by Gasteiger charge is -2.21. The first-order chi connectivity index (χ1) is 35.1. The number of esters is 2. The van der Waals surface area contributed by atoms with Crippen molar-refractivity contribution in [3.8, 4) is 0 Å². The number of rotatable bonds is 40. The Morgan fingerprint density at radius 2 is 1.29 bits per heavy atom. The van der Waals surface area contributed by atoms with E-state index in [0.29, 0.717) is 38.5 Å². The van der Waals surface area contributed by atoms with Crippen molar-refractivity contribution in [3.63, 3.8) is 0 Å². The maximum Gasteiger partial charge on any atom is 0.481 e. The highest BCUT2D eigenvalue weighted by Crippen LogP contribution is 2.60. The van der Waals surface area contributed by atoms with Crippen LogP contribution in [0.25, 0.3) is 0 Å². The summed E-state index contributed by atoms with van der Waals surface area (Å²) < 4.78 is 56.6. The number of carbonyl (C=O) groups excluding carboxylic acids is 3. The normalized spacial score (nSPS) is 19.7. The lowest BCUT2D eigenvalue weighted by atomic mass is 10.1. The molecule has 6 N–H and O–H groups in total. The topological polar surface area (TPSA) is 283 Å². The van der Waals surface area contributed by atoms with Gasteiger partial charge in [0.2, 0.25) is 0 Å². The van der Waals surface area contributed by atoms with Crippen molar-refractivity contribution in [2.75, 3.05) is 25.6 Å². The summed E-state index contributed by atoms with van der Waals surface area (Å²) in [4.78, 5) is 73.7. The fraction of sp³-hybridized carbons (Fsp3) is 0.558. The zero-order valence-corrected chi connectivity index (χ0v) is 44.2. The molecular formula is C52H79N3O16P2. The molecule has 0 bridgehead atoms. The molecule has 2 heterocycles. The van der Waals surface area contributed by atoms with Crippen LogP contribution in [0.15, 0.2) is 114 Å². The molecule has 0 spiro atoms. The lowest BCUT2D eigenvalue weighted by molar-refractivity contribution is -0.161. The highest BCUT2D eigenvalue weighted by atomic mass is 31.3. The SMILES string of the molecule is CC/C=C\C/C=C\C/C=C\C/C=C\CCCCCCC(=O)OC[C@H](COP(=O)(O)OP(=O)(O)OC[C@H]1O[C@@H](n2ccc(N)nc2=O)[C@H](O)[C@@H]1O)OC(=O)CCC/C=C\C/C=C\C/C=C\C=C\C(=O)CCCCC. The summed E-state index contributed by atoms with van der Waals surface area (Å²) >= 11 is 0. The van der Waals surface area contributed by atoms with Gasteiger partial charge in [-0.3, -0.25) is 28.0 Å². The summed E-state index contributed by atoms with van der Waals surface area (Å²) in [6, 6.07) is 1.24. The van der Waals surface area contributed by atoms with E-state index in [1.165, 1.54) is 6.07 Å². The molecule has 1 aromatic heterocycles. The second kappa shape index (κ2) is 38.9. The Morgan fingerprint density at radius 1 is 0.712 bits per heavy atom. The van der Waals surface area contributed by atoms with Crippen molar-refractivity contribution in [1.29, 1.82) is 0 Å². The van der Waals surface area contributed by atoms with Gasteiger partial charge >= 0.3 is 33.3 Å². The zero-order chi connectivity index (χ0) is 53.6. The molecule has 73 heavy (non-hydrogen) atoms. The predicted octanol–water partition coefficient (Wildman–Crippen LogP) is 9.62. The molecule has 0 aromatic carbocycles. The minimum Gasteiger partial charge on any atom is -0.462 e. The molecule has 19 nitrogen and oxygen atoms in total. The van der Waals surface area contributed by atoms with Gasteiger partial charge in [-0.15, -0.1) is 0 Å². The van der Waals surface area contributed by atoms with Gasteiger partial charge in [0.1, 0.15) is 30.7 Å². The Morgan fingerprint density at radius 3 is 1.93 bits per heavy atom. The van der Waals surface area contributed by atoms with Crippen LogP contribution >= 0.6 is 15.6 Å². The van der Waals surface area contributed by atoms with Crippen LogP contribution in [-0.2, 0) is 51.1 Å². The molecule has 1 saturated heterocycles. The van der Waals surface area contributed by atoms with E-state index in [9.17, 15) is 48.3 Å². The lowest BCUT2D eigenvalue weighted by Crippen LogP contribution is -2.36. The fourth-order valence-electron chi connectivity index (χ4n) is 6.72. The summed E-state index contributed by atoms with van der Waals surface area (Å²) in [7, 11) is -10.9. The number of ketones is 1. The van der Waals surface area contributed by atoms with Crippen LogP contribution < -0.4 is 11.4 Å². The summed E-state index contributed by atoms with van der Waals surface area (Å²) in [6.45, 7) is 1.78. The molecule has 408 valence electrons. The number of unbranched alkanes of at least 4 members (excludes halogenated alkanes) is 7. The van der Waals surface area contributed by atoms with Gasteiger partial charge in [0.05, 0.1) is 13.2 Å². The molecular weight excluding hydrogens is 985 g/mol. The van der Waals surface area contributed by atoms with Gasteiger partial charge in [-0.2, -0.15) is 9.29 Å². The molecule has 0 radical (unpaired) electrons. The zero-order valence-electron chi connectivity index (χ0n) is 42.4. The number of nitrogen functional groups attached to an aromatic ring is 1. The highest BCUT2D eigenvalue weighted by molar-refractivity contribution is 7.61. The molecule has 2 rings (SSSR count). The van der Waals surface area contributed by atoms with Gasteiger partial charge < -0.3 is 39.9 Å². The van der Waals surface area contributed by atoms with Gasteiger partial charge in [0.15, 0.2) is 18.1 Å². The van der Waals surface area contributed by atoms with Crippen LogP contribution in [0.3, 0.4) is 0 Å². The standard InChI is InChI=1S/C52H79N3O16P2/c1-3-5-7-8-9-10-11-12-13-14-15-16-19-22-25-28-32-36-47(57)66-40-44(69-48(58)37-33-29-26-23-20-17-18-21-24-27-31-35-43(56)34-30-6-4-2)41-67-72(62,63)71-73(64,65)68-42-45-49(59)50(60)51(70-45)55-39-38-46(53)54-52(55)61/h5,7,9-10,12-13,15-18,23-24,26-27,31,35,38-39,44-45,49-51,59-60H,3-4,6,8,11,14,19-22,25,28-30,32-34,36-37,40-42H2,1-2H3,(H,62,63)(H,64,65)(H2,53,54,61)/b7-5-,10-9-,13-12-,16-15-,18-17-,26-23-,27-24-,35-31+/t44-,45-,49-,50-,51-/m1/s1. The van der Waals surface area contributed by atoms with Crippen LogP contribution in [0.2, 0.25) is 0 Å². The summed E-state index contributed by atoms with van der Waals surface area (Å²) in [5.41, 5.74) is 4.57. The molecule has 21 heteroatoms. The Bertz CT molecular complexity index is 2170. The number of phosphoric ester groups is 2. The molecule has 7 atom stereocenters. The van der Waals surface area contributed by atoms with E-state index >= 15 is 0 Å². The largest absolute Gasteiger partial charge is 0.481 e. The Hall–Kier alpha value is -4.65. The molecule has 1 fully saturated rings. The number of hydrogen-bond donors (Lipinski definition) is 5. The average molecular weight is 1060 g/mol. The highest BCUT2D eigenvalue weighted by Gasteiger charge is 2.46. The third-order valence-electron chi connectivity index (χ3n) is 10.6. The fourth-order valence-corrected chi connectivity index (χ4v) is 8.83. The van der Waals surface area contributed by atoms with Crippen molar-refractivity contribution in [1.82, 2.24) is 9.55 Å². The quantitative estimate of drug-likeness (QED) is 0.0102. The second-order valence-electron chi connectivity index (χ2n) is 17.0. The smallest absolute Gasteiger partial charge is 0.462 e. The van der Waals surface area contributed by atoms with Crippen LogP contribution in [0.1, 0.15) is 142 Å². The Kier molecular flexibility index (Phi) is 34.3. The van der Waals surface area contributed by atoms with Crippen molar-refractivity contribution in [2.24, 2.45) is 0 Å². The number of allylic oxidation sites excluding steroid dienone is 16. The average Bonchev–Trinajstić information content (AvgIpc) is 3.62. The number of nitrogens with zero attached hydrogens (tertiary/aromatic N) is 2. The van der Waals surface area contributed by atoms with Crippen LogP contribution in [0.5, 0.6) is 0 Å². The number of phosphoric acid groups is 2. The number of carbonyl (C=O) groups is 3. The van der Waals surface area contributed by atoms with Crippen molar-refractivity contribution in [2.45, 2.75) is 166 Å². The van der Waals surface area contributed by atoms with E-state index in [1.807, 2.05) is 36.5 Å². The maximum atomic E-state index is 12.8. The summed E-state index contributed by atoms with van der Waals surface area (Å²) in [6.07, 6.45) is 39.1. The second-order valence-corrected chi connectivity index (χ2v) is 20.0. The van der Waals surface area contributed by atoms with Crippen molar-refractivity contribution in [3.05, 3.63) is 120 Å². The summed E-state index contributed by atoms with van der Waals surface area (Å²) in [5.74, 6) is -1.32. The number of aliphatic hydroxyl groups excluding tert-OH is 2. The van der Waals surface area contributed by atoms with E-state index in [4.69, 9.17) is 29.0 Å². The van der Waals surface area contributed by atoms with Gasteiger partial charge in [0, 0.05) is 25.5 Å². The maximum absolute atomic E-state index is 12.8. The number of anilines is 1. The molecule has 2 unspecified atom stereocenters. The molecule has 0 aliphatic carbocycles. The van der Waals surface area contributed by atoms with Crippen LogP contribution in [-0.4, -0.2) is 91.5 Å². The van der Waals surface area contributed by atoms with Gasteiger partial charge in [-0.05, 0) is 89.2 Å². The number of aliphatic hydroxyl groups is 2. The van der Waals surface area contributed by atoms with E-state index in [0.717, 1.165) is 81.4 Å². The molecule has 0 amide bonds. The first kappa shape index (κ1) is 64.5. The first-order valence-corrected chi connectivity index (χ1v) is 28.2. The van der Waals surface area contributed by atoms with Crippen molar-refractivity contribution < 1.29 is 71.1 Å². The van der Waals surface area contributed by atoms with E-state index in [2.05, 4.69) is 71.8 Å². The first-order valence-electron chi connectivity index (χ1n) is 25.2. The molecule has 1 aromatic rings. The third kappa shape index (κ3) is 31.6. The number of hydrogen-bond acceptors (Lipinski definition) is 16. The Labute approximate surface area is 430 Å². The number of ether oxygens (including phenoxy) is 3.